The maximum absolute atomic E-state index is 6.72. The Kier molecular flexibility index (Phi) is 4.68. The van der Waals surface area contributed by atoms with Gasteiger partial charge in [0, 0.05) is 5.38 Å². The summed E-state index contributed by atoms with van der Waals surface area (Å²) in [6.45, 7) is 9.81. The third-order valence-electron chi connectivity index (χ3n) is 5.98. The van der Waals surface area contributed by atoms with Gasteiger partial charge in [0.25, 0.3) is 0 Å². The van der Waals surface area contributed by atoms with E-state index in [1.54, 1.807) is 0 Å². The second-order valence-corrected chi connectivity index (χ2v) is 8.39. The van der Waals surface area contributed by atoms with E-state index in [2.05, 4.69) is 27.7 Å². The van der Waals surface area contributed by atoms with E-state index in [4.69, 9.17) is 11.6 Å². The molecule has 0 saturated heterocycles. The Morgan fingerprint density at radius 1 is 0.889 bits per heavy atom. The first-order chi connectivity index (χ1) is 8.41. The minimum Gasteiger partial charge on any atom is -0.123 e. The molecule has 0 bridgehead atoms. The molecule has 0 heterocycles. The van der Waals surface area contributed by atoms with Gasteiger partial charge in [-0.1, -0.05) is 47.0 Å². The topological polar surface area (TPSA) is 0 Å². The average molecular weight is 271 g/mol. The summed E-state index contributed by atoms with van der Waals surface area (Å²) in [7, 11) is 0. The monoisotopic (exact) mass is 270 g/mol. The molecule has 0 spiro atoms. The van der Waals surface area contributed by atoms with Gasteiger partial charge in [0.05, 0.1) is 0 Å². The zero-order valence-corrected chi connectivity index (χ0v) is 13.5. The van der Waals surface area contributed by atoms with Crippen molar-refractivity contribution in [2.45, 2.75) is 78.0 Å². The molecule has 1 heteroatoms. The van der Waals surface area contributed by atoms with Crippen LogP contribution in [0.15, 0.2) is 0 Å². The molecule has 2 aliphatic rings. The van der Waals surface area contributed by atoms with Crippen molar-refractivity contribution in [1.82, 2.24) is 0 Å². The number of halogens is 1. The maximum atomic E-state index is 6.72. The molecule has 5 atom stereocenters. The highest BCUT2D eigenvalue weighted by molar-refractivity contribution is 6.20. The van der Waals surface area contributed by atoms with Crippen LogP contribution in [0.3, 0.4) is 0 Å². The first kappa shape index (κ1) is 14.7. The quantitative estimate of drug-likeness (QED) is 0.550. The van der Waals surface area contributed by atoms with E-state index >= 15 is 0 Å². The van der Waals surface area contributed by atoms with Crippen LogP contribution in [0.25, 0.3) is 0 Å². The molecular formula is C17H31Cl. The second-order valence-electron chi connectivity index (χ2n) is 7.83. The summed E-state index contributed by atoms with van der Waals surface area (Å²) >= 11 is 6.72. The van der Waals surface area contributed by atoms with Gasteiger partial charge >= 0.3 is 0 Å². The molecule has 2 saturated carbocycles. The van der Waals surface area contributed by atoms with Gasteiger partial charge in [-0.2, -0.15) is 0 Å². The van der Waals surface area contributed by atoms with Gasteiger partial charge in [0.2, 0.25) is 0 Å². The van der Waals surface area contributed by atoms with E-state index in [1.807, 2.05) is 0 Å². The van der Waals surface area contributed by atoms with Crippen LogP contribution in [0.1, 0.15) is 72.6 Å². The molecule has 2 aliphatic carbocycles. The minimum atomic E-state index is 0.418. The van der Waals surface area contributed by atoms with Gasteiger partial charge in [0.15, 0.2) is 0 Å². The van der Waals surface area contributed by atoms with E-state index in [-0.39, 0.29) is 0 Å². The lowest BCUT2D eigenvalue weighted by Gasteiger charge is -2.48. The molecule has 5 unspecified atom stereocenters. The van der Waals surface area contributed by atoms with Gasteiger partial charge in [-0.15, -0.1) is 11.6 Å². The first-order valence-corrected chi connectivity index (χ1v) is 8.49. The molecule has 2 rings (SSSR count). The van der Waals surface area contributed by atoms with Gasteiger partial charge in [-0.25, -0.2) is 0 Å². The third-order valence-corrected chi connectivity index (χ3v) is 6.46. The molecule has 0 radical (unpaired) electrons. The maximum Gasteiger partial charge on any atom is 0.0372 e. The zero-order valence-electron chi connectivity index (χ0n) is 12.7. The molecule has 0 aliphatic heterocycles. The summed E-state index contributed by atoms with van der Waals surface area (Å²) in [6.07, 6.45) is 9.73. The Morgan fingerprint density at radius 3 is 2.17 bits per heavy atom. The van der Waals surface area contributed by atoms with Crippen LogP contribution >= 0.6 is 11.6 Å². The largest absolute Gasteiger partial charge is 0.123 e. The summed E-state index contributed by atoms with van der Waals surface area (Å²) < 4.78 is 0. The predicted octanol–water partition coefficient (Wildman–Crippen LogP) is 5.88. The van der Waals surface area contributed by atoms with Crippen LogP contribution in [0.5, 0.6) is 0 Å². The fourth-order valence-electron chi connectivity index (χ4n) is 4.56. The average Bonchev–Trinajstić information content (AvgIpc) is 2.28. The number of hydrogen-bond acceptors (Lipinski definition) is 0. The first-order valence-electron chi connectivity index (χ1n) is 8.05. The van der Waals surface area contributed by atoms with Crippen molar-refractivity contribution in [3.63, 3.8) is 0 Å². The lowest BCUT2D eigenvalue weighted by molar-refractivity contribution is 0.0410. The fourth-order valence-corrected chi connectivity index (χ4v) is 5.32. The Morgan fingerprint density at radius 2 is 1.56 bits per heavy atom. The molecule has 2 fully saturated rings. The Labute approximate surface area is 119 Å². The molecule has 0 aromatic carbocycles. The van der Waals surface area contributed by atoms with E-state index in [0.29, 0.717) is 10.8 Å². The normalized spacial score (nSPS) is 42.8. The van der Waals surface area contributed by atoms with E-state index in [9.17, 15) is 0 Å². The van der Waals surface area contributed by atoms with Crippen LogP contribution in [-0.2, 0) is 0 Å². The number of alkyl halides is 1. The van der Waals surface area contributed by atoms with Gasteiger partial charge in [-0.05, 0) is 54.8 Å². The van der Waals surface area contributed by atoms with Crippen molar-refractivity contribution >= 4 is 11.6 Å². The van der Waals surface area contributed by atoms with Crippen LogP contribution in [0, 0.1) is 29.1 Å². The summed E-state index contributed by atoms with van der Waals surface area (Å²) in [6, 6.07) is 0. The standard InChI is InChI=1S/C17H31Cl/c1-12-6-5-7-14(10-12)17(3,4)15-9-8-13(2)11-16(15)18/h12-16H,5-11H2,1-4H3. The highest BCUT2D eigenvalue weighted by Gasteiger charge is 2.43. The highest BCUT2D eigenvalue weighted by atomic mass is 35.5. The summed E-state index contributed by atoms with van der Waals surface area (Å²) in [5, 5.41) is 0.418. The molecule has 18 heavy (non-hydrogen) atoms. The van der Waals surface area contributed by atoms with Crippen LogP contribution in [0.2, 0.25) is 0 Å². The van der Waals surface area contributed by atoms with Crippen molar-refractivity contribution in [3.05, 3.63) is 0 Å². The van der Waals surface area contributed by atoms with Crippen molar-refractivity contribution < 1.29 is 0 Å². The summed E-state index contributed by atoms with van der Waals surface area (Å²) in [5.41, 5.74) is 0.446. The van der Waals surface area contributed by atoms with Crippen LogP contribution in [-0.4, -0.2) is 5.38 Å². The van der Waals surface area contributed by atoms with E-state index < -0.39 is 0 Å². The molecule has 0 N–H and O–H groups in total. The van der Waals surface area contributed by atoms with Crippen molar-refractivity contribution in [3.8, 4) is 0 Å². The molecule has 0 aromatic heterocycles. The molecule has 0 amide bonds. The number of rotatable bonds is 2. The van der Waals surface area contributed by atoms with Crippen LogP contribution < -0.4 is 0 Å². The molecule has 0 aromatic rings. The predicted molar refractivity (Wildman–Crippen MR) is 81.0 cm³/mol. The summed E-state index contributed by atoms with van der Waals surface area (Å²) in [5.74, 6) is 3.41. The van der Waals surface area contributed by atoms with Crippen molar-refractivity contribution in [1.29, 1.82) is 0 Å². The SMILES string of the molecule is CC1CCC(C(C)(C)C2CCCC(C)C2)C(Cl)C1. The van der Waals surface area contributed by atoms with E-state index in [1.165, 1.54) is 44.9 Å². The van der Waals surface area contributed by atoms with Crippen LogP contribution in [0.4, 0.5) is 0 Å². The Bertz CT molecular complexity index is 271. The van der Waals surface area contributed by atoms with Gasteiger partial charge in [0.1, 0.15) is 0 Å². The third kappa shape index (κ3) is 3.06. The van der Waals surface area contributed by atoms with Gasteiger partial charge in [-0.3, -0.25) is 0 Å². The molecule has 106 valence electrons. The molecular weight excluding hydrogens is 240 g/mol. The minimum absolute atomic E-state index is 0.418. The lowest BCUT2D eigenvalue weighted by Crippen LogP contribution is -2.42. The zero-order chi connectivity index (χ0) is 13.3. The number of hydrogen-bond donors (Lipinski definition) is 0. The molecule has 0 nitrogen and oxygen atoms in total. The highest BCUT2D eigenvalue weighted by Crippen LogP contribution is 2.51. The van der Waals surface area contributed by atoms with E-state index in [0.717, 1.165) is 23.7 Å². The lowest BCUT2D eigenvalue weighted by atomic mass is 9.59. The second kappa shape index (κ2) is 5.73. The fraction of sp³-hybridized carbons (Fsp3) is 1.00. The van der Waals surface area contributed by atoms with Crippen molar-refractivity contribution in [2.24, 2.45) is 29.1 Å². The smallest absolute Gasteiger partial charge is 0.0372 e. The Balaban J connectivity index is 2.04. The summed E-state index contributed by atoms with van der Waals surface area (Å²) in [4.78, 5) is 0. The van der Waals surface area contributed by atoms with Crippen molar-refractivity contribution in [2.75, 3.05) is 0 Å². The van der Waals surface area contributed by atoms with Gasteiger partial charge < -0.3 is 0 Å². The Hall–Kier alpha value is 0.290.